The molecule has 23 heavy (non-hydrogen) atoms. The van der Waals surface area contributed by atoms with E-state index < -0.39 is 28.3 Å². The fourth-order valence-electron chi connectivity index (χ4n) is 1.94. The van der Waals surface area contributed by atoms with Crippen LogP contribution < -0.4 is 5.32 Å². The maximum absolute atomic E-state index is 13.5. The zero-order chi connectivity index (χ0) is 17.0. The van der Waals surface area contributed by atoms with Crippen LogP contribution in [0.25, 0.3) is 0 Å². The molecule has 1 N–H and O–H groups in total. The molecule has 0 aliphatic heterocycles. The van der Waals surface area contributed by atoms with Crippen LogP contribution in [0.4, 0.5) is 23.2 Å². The molecule has 0 saturated carbocycles. The van der Waals surface area contributed by atoms with E-state index in [4.69, 9.17) is 0 Å². The number of amides is 1. The van der Waals surface area contributed by atoms with Gasteiger partial charge in [0.05, 0.1) is 10.4 Å². The minimum Gasteiger partial charge on any atom is -0.325 e. The Balaban J connectivity index is 2.06. The molecule has 2 nitrogen and oxygen atoms in total. The smallest absolute Gasteiger partial charge is 0.325 e. The maximum atomic E-state index is 13.5. The minimum absolute atomic E-state index is 0.0304. The first-order chi connectivity index (χ1) is 10.8. The quantitative estimate of drug-likeness (QED) is 0.591. The van der Waals surface area contributed by atoms with Gasteiger partial charge in [-0.25, -0.2) is 4.39 Å². The average molecular weight is 390 g/mol. The van der Waals surface area contributed by atoms with E-state index in [1.165, 1.54) is 24.3 Å². The van der Waals surface area contributed by atoms with Gasteiger partial charge in [0.25, 0.3) is 0 Å². The first kappa shape index (κ1) is 17.5. The van der Waals surface area contributed by atoms with Crippen molar-refractivity contribution in [1.82, 2.24) is 0 Å². The fourth-order valence-corrected chi connectivity index (χ4v) is 2.41. The Kier molecular flexibility index (Phi) is 5.41. The largest absolute Gasteiger partial charge is 0.416 e. The number of rotatable bonds is 4. The number of halogens is 5. The first-order valence-corrected chi connectivity index (χ1v) is 7.54. The van der Waals surface area contributed by atoms with Gasteiger partial charge in [-0.1, -0.05) is 40.2 Å². The van der Waals surface area contributed by atoms with E-state index in [0.29, 0.717) is 5.56 Å². The van der Waals surface area contributed by atoms with Crippen LogP contribution in [0.15, 0.2) is 48.5 Å². The zero-order valence-corrected chi connectivity index (χ0v) is 13.3. The van der Waals surface area contributed by atoms with E-state index in [1.807, 2.05) is 0 Å². The molecule has 1 atom stereocenters. The van der Waals surface area contributed by atoms with E-state index in [9.17, 15) is 22.4 Å². The highest BCUT2D eigenvalue weighted by Gasteiger charge is 2.30. The summed E-state index contributed by atoms with van der Waals surface area (Å²) in [6.07, 6.45) is -4.40. The van der Waals surface area contributed by atoms with Gasteiger partial charge < -0.3 is 5.32 Å². The SMILES string of the molecule is O=C(Nc1cccc(C(F)(F)F)c1)C(Br)Cc1ccccc1F. The van der Waals surface area contributed by atoms with Gasteiger partial charge in [-0.2, -0.15) is 13.2 Å². The molecule has 0 fully saturated rings. The van der Waals surface area contributed by atoms with Gasteiger partial charge in [-0.05, 0) is 36.2 Å². The van der Waals surface area contributed by atoms with Crippen LogP contribution in [0.3, 0.4) is 0 Å². The number of alkyl halides is 4. The van der Waals surface area contributed by atoms with Crippen LogP contribution in [-0.4, -0.2) is 10.7 Å². The number of carbonyl (C=O) groups excluding carboxylic acids is 1. The van der Waals surface area contributed by atoms with E-state index in [-0.39, 0.29) is 12.1 Å². The lowest BCUT2D eigenvalue weighted by molar-refractivity contribution is -0.137. The molecule has 0 spiro atoms. The van der Waals surface area contributed by atoms with Crippen LogP contribution >= 0.6 is 15.9 Å². The molecule has 1 unspecified atom stereocenters. The van der Waals surface area contributed by atoms with E-state index in [1.54, 1.807) is 12.1 Å². The van der Waals surface area contributed by atoms with Gasteiger partial charge in [0, 0.05) is 5.69 Å². The Bertz CT molecular complexity index is 702. The second-order valence-corrected chi connectivity index (χ2v) is 5.94. The molecule has 0 radical (unpaired) electrons. The highest BCUT2D eigenvalue weighted by atomic mass is 79.9. The zero-order valence-electron chi connectivity index (χ0n) is 11.7. The Hall–Kier alpha value is -1.89. The van der Waals surface area contributed by atoms with Gasteiger partial charge in [-0.3, -0.25) is 4.79 Å². The summed E-state index contributed by atoms with van der Waals surface area (Å²) in [5, 5.41) is 2.39. The lowest BCUT2D eigenvalue weighted by Gasteiger charge is -2.13. The molecular formula is C16H12BrF4NO. The van der Waals surface area contributed by atoms with Crippen molar-refractivity contribution in [2.75, 3.05) is 5.32 Å². The van der Waals surface area contributed by atoms with Crippen LogP contribution in [-0.2, 0) is 17.4 Å². The topological polar surface area (TPSA) is 29.1 Å². The second-order valence-electron chi connectivity index (χ2n) is 4.83. The van der Waals surface area contributed by atoms with Crippen molar-refractivity contribution in [1.29, 1.82) is 0 Å². The van der Waals surface area contributed by atoms with E-state index in [2.05, 4.69) is 21.2 Å². The van der Waals surface area contributed by atoms with E-state index in [0.717, 1.165) is 12.1 Å². The highest BCUT2D eigenvalue weighted by molar-refractivity contribution is 9.10. The number of hydrogen-bond donors (Lipinski definition) is 1. The number of nitrogens with one attached hydrogen (secondary N) is 1. The predicted molar refractivity (Wildman–Crippen MR) is 82.9 cm³/mol. The van der Waals surface area contributed by atoms with Crippen molar-refractivity contribution < 1.29 is 22.4 Å². The summed E-state index contributed by atoms with van der Waals surface area (Å²) in [5.41, 5.74) is -0.480. The second kappa shape index (κ2) is 7.12. The van der Waals surface area contributed by atoms with Gasteiger partial charge in [0.2, 0.25) is 5.91 Å². The monoisotopic (exact) mass is 389 g/mol. The third kappa shape index (κ3) is 4.79. The Morgan fingerprint density at radius 3 is 2.48 bits per heavy atom. The third-order valence-electron chi connectivity index (χ3n) is 3.10. The van der Waals surface area contributed by atoms with Crippen molar-refractivity contribution in [3.63, 3.8) is 0 Å². The van der Waals surface area contributed by atoms with Crippen molar-refractivity contribution in [3.8, 4) is 0 Å². The lowest BCUT2D eigenvalue weighted by Crippen LogP contribution is -2.25. The van der Waals surface area contributed by atoms with Gasteiger partial charge in [0.1, 0.15) is 5.82 Å². The Morgan fingerprint density at radius 1 is 1.13 bits per heavy atom. The molecule has 2 aromatic carbocycles. The fraction of sp³-hybridized carbons (Fsp3) is 0.188. The molecule has 0 bridgehead atoms. The summed E-state index contributed by atoms with van der Waals surface area (Å²) >= 11 is 3.13. The molecule has 7 heteroatoms. The van der Waals surface area contributed by atoms with Crippen LogP contribution in [0.2, 0.25) is 0 Å². The Labute approximate surface area is 138 Å². The summed E-state index contributed by atoms with van der Waals surface area (Å²) in [6, 6.07) is 10.3. The van der Waals surface area contributed by atoms with Gasteiger partial charge in [-0.15, -0.1) is 0 Å². The normalized spacial score (nSPS) is 12.7. The summed E-state index contributed by atoms with van der Waals surface area (Å²) < 4.78 is 51.4. The number of carbonyl (C=O) groups is 1. The van der Waals surface area contributed by atoms with Crippen LogP contribution in [0.1, 0.15) is 11.1 Å². The minimum atomic E-state index is -4.48. The summed E-state index contributed by atoms with van der Waals surface area (Å²) in [6.45, 7) is 0. The molecule has 0 aromatic heterocycles. The molecule has 0 aliphatic carbocycles. The van der Waals surface area contributed by atoms with Crippen LogP contribution in [0.5, 0.6) is 0 Å². The molecule has 1 amide bonds. The average Bonchev–Trinajstić information content (AvgIpc) is 2.49. The van der Waals surface area contributed by atoms with Gasteiger partial charge in [0.15, 0.2) is 0 Å². The van der Waals surface area contributed by atoms with Crippen molar-refractivity contribution in [3.05, 3.63) is 65.5 Å². The van der Waals surface area contributed by atoms with Crippen LogP contribution in [0, 0.1) is 5.82 Å². The summed E-state index contributed by atoms with van der Waals surface area (Å²) in [4.78, 5) is 11.3. The third-order valence-corrected chi connectivity index (χ3v) is 3.84. The van der Waals surface area contributed by atoms with Gasteiger partial charge >= 0.3 is 6.18 Å². The lowest BCUT2D eigenvalue weighted by atomic mass is 10.1. The molecule has 2 rings (SSSR count). The number of hydrogen-bond acceptors (Lipinski definition) is 1. The maximum Gasteiger partial charge on any atom is 0.416 e. The van der Waals surface area contributed by atoms with Crippen molar-refractivity contribution in [2.45, 2.75) is 17.4 Å². The van der Waals surface area contributed by atoms with Crippen molar-refractivity contribution in [2.24, 2.45) is 0 Å². The van der Waals surface area contributed by atoms with Crippen molar-refractivity contribution >= 4 is 27.5 Å². The first-order valence-electron chi connectivity index (χ1n) is 6.63. The molecule has 0 saturated heterocycles. The highest BCUT2D eigenvalue weighted by Crippen LogP contribution is 2.30. The molecule has 2 aromatic rings. The summed E-state index contributed by atoms with van der Waals surface area (Å²) in [5.74, 6) is -0.989. The molecule has 0 heterocycles. The number of anilines is 1. The molecule has 0 aliphatic rings. The Morgan fingerprint density at radius 2 is 1.83 bits per heavy atom. The molecular weight excluding hydrogens is 378 g/mol. The predicted octanol–water partition coefficient (Wildman–Crippen LogP) is 4.79. The van der Waals surface area contributed by atoms with E-state index >= 15 is 0 Å². The molecule has 122 valence electrons. The summed E-state index contributed by atoms with van der Waals surface area (Å²) in [7, 11) is 0. The standard InChI is InChI=1S/C16H12BrF4NO/c17-13(8-10-4-1-2-7-14(10)18)15(23)22-12-6-3-5-11(9-12)16(19,20)21/h1-7,9,13H,8H2,(H,22,23). The number of benzene rings is 2.